The number of benzene rings is 2. The van der Waals surface area contributed by atoms with Gasteiger partial charge in [-0.3, -0.25) is 19.5 Å². The van der Waals surface area contributed by atoms with Gasteiger partial charge in [-0.05, 0) is 18.1 Å². The van der Waals surface area contributed by atoms with Crippen molar-refractivity contribution in [2.75, 3.05) is 7.05 Å². The van der Waals surface area contributed by atoms with Crippen molar-refractivity contribution in [3.05, 3.63) is 71.8 Å². The topological polar surface area (TPSA) is 183 Å². The summed E-state index contributed by atoms with van der Waals surface area (Å²) in [5.41, 5.74) is 1.39. The van der Waals surface area contributed by atoms with Gasteiger partial charge in [-0.15, -0.1) is 0 Å². The van der Waals surface area contributed by atoms with E-state index in [0.717, 1.165) is 4.90 Å². The van der Waals surface area contributed by atoms with Crippen molar-refractivity contribution in [1.82, 2.24) is 9.99 Å². The molecular formula is C29H40N3O11P. The Morgan fingerprint density at radius 3 is 1.52 bits per heavy atom. The third-order valence-corrected chi connectivity index (χ3v) is 7.39. The molecule has 0 aliphatic heterocycles. The number of hydrogen-bond acceptors (Lipinski definition) is 11. The summed E-state index contributed by atoms with van der Waals surface area (Å²) in [5, 5.41) is 20.0. The fraction of sp³-hybridized carbons (Fsp3) is 0.448. The van der Waals surface area contributed by atoms with Crippen molar-refractivity contribution in [2.24, 2.45) is 11.8 Å². The van der Waals surface area contributed by atoms with Gasteiger partial charge in [0.05, 0.1) is 0 Å². The van der Waals surface area contributed by atoms with Crippen LogP contribution in [0, 0.1) is 17.2 Å². The monoisotopic (exact) mass is 637 g/mol. The van der Waals surface area contributed by atoms with E-state index in [1.807, 2.05) is 0 Å². The van der Waals surface area contributed by atoms with Crippen LogP contribution in [0.2, 0.25) is 0 Å². The van der Waals surface area contributed by atoms with Gasteiger partial charge in [0.2, 0.25) is 18.5 Å². The molecule has 0 aliphatic carbocycles. The largest absolute Gasteiger partial charge is 0.510 e. The van der Waals surface area contributed by atoms with E-state index in [1.54, 1.807) is 88.4 Å². The van der Waals surface area contributed by atoms with Crippen LogP contribution in [0.15, 0.2) is 60.7 Å². The maximum absolute atomic E-state index is 14.1. The number of ether oxygens (including phenoxy) is 4. The Labute approximate surface area is 256 Å². The van der Waals surface area contributed by atoms with E-state index < -0.39 is 62.4 Å². The zero-order valence-corrected chi connectivity index (χ0v) is 26.4. The number of carboxylic acids is 1. The number of carboxylic acid groups (broad SMARTS) is 1. The highest BCUT2D eigenvalue weighted by atomic mass is 31.2. The van der Waals surface area contributed by atoms with Gasteiger partial charge in [0.15, 0.2) is 0 Å². The molecule has 0 heterocycles. The number of nitrogens with zero attached hydrogens (tertiary/aromatic N) is 1. The second-order valence-electron chi connectivity index (χ2n) is 10.3. The molecule has 14 nitrogen and oxygen atoms in total. The van der Waals surface area contributed by atoms with Crippen LogP contribution in [0.3, 0.4) is 0 Å². The lowest BCUT2D eigenvalue weighted by Gasteiger charge is -2.32. The van der Waals surface area contributed by atoms with Gasteiger partial charge in [0.25, 0.3) is 0 Å². The second kappa shape index (κ2) is 17.2. The molecule has 242 valence electrons. The lowest BCUT2D eigenvalue weighted by Crippen LogP contribution is -2.46. The molecule has 0 aromatic heterocycles. The predicted molar refractivity (Wildman–Crippen MR) is 158 cm³/mol. The summed E-state index contributed by atoms with van der Waals surface area (Å²) >= 11 is 0. The quantitative estimate of drug-likeness (QED) is 0.0708. The van der Waals surface area contributed by atoms with Crippen LogP contribution in [0.1, 0.15) is 45.7 Å². The third-order valence-electron chi connectivity index (χ3n) is 5.93. The van der Waals surface area contributed by atoms with E-state index in [0.29, 0.717) is 11.1 Å². The normalized spacial score (nSPS) is 14.5. The first kappa shape index (κ1) is 36.1. The maximum Gasteiger partial charge on any atom is 0.510 e. The highest BCUT2D eigenvalue weighted by Crippen LogP contribution is 2.49. The van der Waals surface area contributed by atoms with Crippen LogP contribution in [-0.2, 0) is 50.6 Å². The van der Waals surface area contributed by atoms with Gasteiger partial charge >= 0.3 is 26.0 Å². The summed E-state index contributed by atoms with van der Waals surface area (Å²) < 4.78 is 46.2. The molecule has 3 atom stereocenters. The zero-order valence-electron chi connectivity index (χ0n) is 25.5. The van der Waals surface area contributed by atoms with Gasteiger partial charge in [0, 0.05) is 18.9 Å². The van der Waals surface area contributed by atoms with E-state index in [9.17, 15) is 24.1 Å². The van der Waals surface area contributed by atoms with Crippen molar-refractivity contribution in [2.45, 2.75) is 66.5 Å². The number of rotatable bonds is 15. The van der Waals surface area contributed by atoms with Crippen molar-refractivity contribution in [3.63, 3.8) is 0 Å². The molecule has 3 unspecified atom stereocenters. The third kappa shape index (κ3) is 12.2. The molecular weight excluding hydrogens is 597 g/mol. The first-order chi connectivity index (χ1) is 20.7. The molecule has 0 bridgehead atoms. The molecule has 0 fully saturated rings. The van der Waals surface area contributed by atoms with E-state index in [1.165, 1.54) is 14.0 Å². The molecule has 0 saturated carbocycles. The number of carbonyl (C=O) groups is 3. The molecule has 2 aromatic rings. The fourth-order valence-electron chi connectivity index (χ4n) is 3.17. The van der Waals surface area contributed by atoms with Gasteiger partial charge in [-0.2, -0.15) is 0 Å². The number of carbonyl (C=O) groups excluding carboxylic acids is 2. The van der Waals surface area contributed by atoms with Gasteiger partial charge in [0.1, 0.15) is 19.3 Å². The number of hydrogen-bond donors (Lipinski definition) is 3. The number of nitrogens with one attached hydrogen (secondary N) is 2. The van der Waals surface area contributed by atoms with Crippen LogP contribution in [-0.4, -0.2) is 59.9 Å². The predicted octanol–water partition coefficient (Wildman–Crippen LogP) is 5.73. The molecule has 0 saturated heterocycles. The smallest absolute Gasteiger partial charge is 0.480 e. The Hall–Kier alpha value is -4.13. The first-order valence-electron chi connectivity index (χ1n) is 13.7. The number of aliphatic carboxylic acids is 1. The van der Waals surface area contributed by atoms with Gasteiger partial charge in [-0.25, -0.2) is 18.9 Å². The van der Waals surface area contributed by atoms with Crippen LogP contribution in [0.25, 0.3) is 0 Å². The average molecular weight is 638 g/mol. The van der Waals surface area contributed by atoms with Crippen LogP contribution < -0.4 is 5.09 Å². The van der Waals surface area contributed by atoms with E-state index >= 15 is 0 Å². The van der Waals surface area contributed by atoms with E-state index in [4.69, 9.17) is 33.4 Å². The molecule has 2 aromatic carbocycles. The average Bonchev–Trinajstić information content (AvgIpc) is 2.98. The Bertz CT molecular complexity index is 1200. The molecule has 0 aliphatic rings. The maximum atomic E-state index is 14.1. The minimum absolute atomic E-state index is 0.103. The number of likely N-dealkylation sites (N-methyl/N-ethyl adjacent to an activating group) is 1. The fourth-order valence-corrected chi connectivity index (χ4v) is 4.86. The number of guanidine groups is 1. The lowest BCUT2D eigenvalue weighted by atomic mass is 10.2. The van der Waals surface area contributed by atoms with Crippen molar-refractivity contribution >= 4 is 32.0 Å². The summed E-state index contributed by atoms with van der Waals surface area (Å²) in [7, 11) is -3.49. The van der Waals surface area contributed by atoms with Gasteiger partial charge < -0.3 is 29.0 Å². The molecule has 0 radical (unpaired) electrons. The molecule has 3 N–H and O–H groups in total. The van der Waals surface area contributed by atoms with Crippen molar-refractivity contribution in [1.29, 1.82) is 5.41 Å². The Morgan fingerprint density at radius 2 is 1.18 bits per heavy atom. The minimum Gasteiger partial charge on any atom is -0.480 e. The summed E-state index contributed by atoms with van der Waals surface area (Å²) in [6.07, 6.45) is -5.34. The van der Waals surface area contributed by atoms with Gasteiger partial charge in [-0.1, -0.05) is 88.4 Å². The zero-order chi connectivity index (χ0) is 32.9. The molecule has 44 heavy (non-hydrogen) atoms. The van der Waals surface area contributed by atoms with Crippen molar-refractivity contribution < 1.29 is 52.1 Å². The molecule has 0 amide bonds. The standard InChI is InChI=1S/C29H40N3O11P/c1-19(2)25(40-28(35)38-17-22-13-9-7-10-14-22)42-44(37,31-27(30)32(6)21(5)24(33)34)43-26(20(3)4)41-29(36)39-18-23-15-11-8-12-16-23/h7-16,19-21,25-26H,17-18H2,1-6H3,(H,33,34)(H2,30,31,37). The van der Waals surface area contributed by atoms with E-state index in [-0.39, 0.29) is 13.2 Å². The molecule has 15 heteroatoms. The second-order valence-corrected chi connectivity index (χ2v) is 11.9. The molecule has 0 spiro atoms. The summed E-state index contributed by atoms with van der Waals surface area (Å²) in [4.78, 5) is 37.4. The first-order valence-corrected chi connectivity index (χ1v) is 15.3. The SMILES string of the molecule is CC(C)C(OC(=O)OCc1ccccc1)OP(=O)(NC(=N)N(C)C(C)C(=O)O)OC(OC(=O)OCc1ccccc1)C(C)C. The summed E-state index contributed by atoms with van der Waals surface area (Å²) in [6.45, 7) is 7.49. The van der Waals surface area contributed by atoms with Crippen molar-refractivity contribution in [3.8, 4) is 0 Å². The Balaban J connectivity index is 2.24. The summed E-state index contributed by atoms with van der Waals surface area (Å²) in [6, 6.07) is 16.4. The van der Waals surface area contributed by atoms with Crippen LogP contribution in [0.5, 0.6) is 0 Å². The Kier molecular flexibility index (Phi) is 14.1. The highest BCUT2D eigenvalue weighted by molar-refractivity contribution is 7.52. The van der Waals surface area contributed by atoms with Crippen LogP contribution in [0.4, 0.5) is 9.59 Å². The molecule has 2 rings (SSSR count). The van der Waals surface area contributed by atoms with E-state index in [2.05, 4.69) is 5.09 Å². The highest BCUT2D eigenvalue weighted by Gasteiger charge is 2.40. The summed E-state index contributed by atoms with van der Waals surface area (Å²) in [5.74, 6) is -3.15. The lowest BCUT2D eigenvalue weighted by molar-refractivity contribution is -0.141. The minimum atomic E-state index is -4.76. The Morgan fingerprint density at radius 1 is 0.795 bits per heavy atom. The van der Waals surface area contributed by atoms with Crippen LogP contribution >= 0.6 is 7.75 Å².